The van der Waals surface area contributed by atoms with Crippen LogP contribution in [-0.4, -0.2) is 43.0 Å². The van der Waals surface area contributed by atoms with Gasteiger partial charge in [0.15, 0.2) is 11.5 Å². The zero-order chi connectivity index (χ0) is 26.1. The molecule has 0 aromatic heterocycles. The summed E-state index contributed by atoms with van der Waals surface area (Å²) >= 11 is 12.9. The van der Waals surface area contributed by atoms with Crippen molar-refractivity contribution in [3.8, 4) is 11.5 Å². The lowest BCUT2D eigenvalue weighted by Gasteiger charge is -2.33. The van der Waals surface area contributed by atoms with Crippen LogP contribution < -0.4 is 14.8 Å². The van der Waals surface area contributed by atoms with Gasteiger partial charge in [0.2, 0.25) is 11.8 Å². The van der Waals surface area contributed by atoms with Crippen LogP contribution >= 0.6 is 23.2 Å². The van der Waals surface area contributed by atoms with Gasteiger partial charge in [-0.2, -0.15) is 0 Å². The quantitative estimate of drug-likeness (QED) is 0.372. The zero-order valence-electron chi connectivity index (χ0n) is 21.3. The molecule has 1 aliphatic carbocycles. The summed E-state index contributed by atoms with van der Waals surface area (Å²) in [6.45, 7) is 2.09. The van der Waals surface area contributed by atoms with Crippen LogP contribution in [0.25, 0.3) is 0 Å². The van der Waals surface area contributed by atoms with Crippen molar-refractivity contribution in [2.24, 2.45) is 0 Å². The maximum Gasteiger partial charge on any atom is 0.243 e. The highest BCUT2D eigenvalue weighted by Gasteiger charge is 2.31. The van der Waals surface area contributed by atoms with Crippen LogP contribution in [0.1, 0.15) is 63.0 Å². The topological polar surface area (TPSA) is 67.9 Å². The molecule has 0 bridgehead atoms. The fourth-order valence-electron chi connectivity index (χ4n) is 4.75. The summed E-state index contributed by atoms with van der Waals surface area (Å²) in [6.07, 6.45) is 6.60. The molecule has 6 nitrogen and oxygen atoms in total. The third-order valence-electron chi connectivity index (χ3n) is 6.80. The van der Waals surface area contributed by atoms with E-state index in [1.165, 1.54) is 6.42 Å². The fourth-order valence-corrected chi connectivity index (χ4v) is 5.27. The molecule has 196 valence electrons. The summed E-state index contributed by atoms with van der Waals surface area (Å²) in [5.74, 6) is 0.993. The molecular formula is C28H36Cl2N2O4. The van der Waals surface area contributed by atoms with E-state index >= 15 is 0 Å². The Morgan fingerprint density at radius 2 is 1.69 bits per heavy atom. The summed E-state index contributed by atoms with van der Waals surface area (Å²) in [5.41, 5.74) is 1.58. The average molecular weight is 536 g/mol. The van der Waals surface area contributed by atoms with Gasteiger partial charge in [0, 0.05) is 34.6 Å². The van der Waals surface area contributed by atoms with E-state index in [4.69, 9.17) is 32.7 Å². The normalized spacial score (nSPS) is 14.7. The summed E-state index contributed by atoms with van der Waals surface area (Å²) in [5, 5.41) is 4.14. The van der Waals surface area contributed by atoms with Gasteiger partial charge >= 0.3 is 0 Å². The lowest BCUT2D eigenvalue weighted by Crippen LogP contribution is -2.51. The van der Waals surface area contributed by atoms with Crippen LogP contribution in [0.5, 0.6) is 11.5 Å². The smallest absolute Gasteiger partial charge is 0.243 e. The minimum atomic E-state index is -0.614. The summed E-state index contributed by atoms with van der Waals surface area (Å²) < 4.78 is 10.7. The van der Waals surface area contributed by atoms with E-state index in [-0.39, 0.29) is 30.8 Å². The van der Waals surface area contributed by atoms with E-state index in [0.29, 0.717) is 39.9 Å². The molecule has 1 unspecified atom stereocenters. The van der Waals surface area contributed by atoms with Gasteiger partial charge in [0.05, 0.1) is 14.2 Å². The predicted octanol–water partition coefficient (Wildman–Crippen LogP) is 6.20. The Morgan fingerprint density at radius 3 is 2.31 bits per heavy atom. The number of hydrogen-bond donors (Lipinski definition) is 1. The average Bonchev–Trinajstić information content (AvgIpc) is 2.89. The highest BCUT2D eigenvalue weighted by atomic mass is 35.5. The largest absolute Gasteiger partial charge is 0.493 e. The SMILES string of the molecule is CCC(C(=O)NC1CCCCC1)N(Cc1c(Cl)cccc1Cl)C(=O)CCc1ccc(OC)c(OC)c1. The van der Waals surface area contributed by atoms with E-state index in [1.807, 2.05) is 25.1 Å². The van der Waals surface area contributed by atoms with Crippen LogP contribution in [0.2, 0.25) is 10.0 Å². The number of rotatable bonds is 11. The number of carbonyl (C=O) groups excluding carboxylic acids is 2. The molecule has 3 rings (SSSR count). The minimum absolute atomic E-state index is 0.118. The minimum Gasteiger partial charge on any atom is -0.493 e. The summed E-state index contributed by atoms with van der Waals surface area (Å²) in [6, 6.07) is 10.4. The number of methoxy groups -OCH3 is 2. The monoisotopic (exact) mass is 534 g/mol. The standard InChI is InChI=1S/C28H36Cl2N2O4/c1-4-24(28(34)31-20-9-6-5-7-10-20)32(18-21-22(29)11-8-12-23(21)30)27(33)16-14-19-13-15-25(35-2)26(17-19)36-3/h8,11-13,15,17,20,24H,4-7,9-10,14,16,18H2,1-3H3,(H,31,34). The first-order valence-electron chi connectivity index (χ1n) is 12.6. The van der Waals surface area contributed by atoms with Gasteiger partial charge in [-0.1, -0.05) is 61.5 Å². The van der Waals surface area contributed by atoms with Crippen molar-refractivity contribution in [2.75, 3.05) is 14.2 Å². The van der Waals surface area contributed by atoms with E-state index in [9.17, 15) is 9.59 Å². The second kappa shape index (κ2) is 13.8. The number of halogens is 2. The van der Waals surface area contributed by atoms with Crippen molar-refractivity contribution < 1.29 is 19.1 Å². The van der Waals surface area contributed by atoms with Gasteiger partial charge in [-0.15, -0.1) is 0 Å². The number of ether oxygens (including phenoxy) is 2. The van der Waals surface area contributed by atoms with E-state index in [0.717, 1.165) is 31.2 Å². The maximum absolute atomic E-state index is 13.6. The van der Waals surface area contributed by atoms with Gasteiger partial charge in [-0.3, -0.25) is 9.59 Å². The van der Waals surface area contributed by atoms with Crippen LogP contribution in [0.3, 0.4) is 0 Å². The molecule has 2 amide bonds. The zero-order valence-corrected chi connectivity index (χ0v) is 22.8. The maximum atomic E-state index is 13.6. The van der Waals surface area contributed by atoms with Crippen molar-refractivity contribution in [2.45, 2.75) is 76.9 Å². The molecule has 0 radical (unpaired) electrons. The Kier molecular flexibility index (Phi) is 10.7. The second-order valence-corrected chi connectivity index (χ2v) is 9.99. The summed E-state index contributed by atoms with van der Waals surface area (Å²) in [4.78, 5) is 28.6. The van der Waals surface area contributed by atoms with Crippen LogP contribution in [0.4, 0.5) is 0 Å². The number of aryl methyl sites for hydroxylation is 1. The van der Waals surface area contributed by atoms with Crippen molar-refractivity contribution >= 4 is 35.0 Å². The summed E-state index contributed by atoms with van der Waals surface area (Å²) in [7, 11) is 3.17. The Morgan fingerprint density at radius 1 is 1.03 bits per heavy atom. The van der Waals surface area contributed by atoms with Crippen molar-refractivity contribution in [1.82, 2.24) is 10.2 Å². The Balaban J connectivity index is 1.81. The third kappa shape index (κ3) is 7.30. The molecule has 1 aliphatic rings. The number of amides is 2. The van der Waals surface area contributed by atoms with Gasteiger partial charge in [-0.25, -0.2) is 0 Å². The van der Waals surface area contributed by atoms with Crippen LogP contribution in [0, 0.1) is 0 Å². The van der Waals surface area contributed by atoms with E-state index < -0.39 is 6.04 Å². The molecule has 1 N–H and O–H groups in total. The van der Waals surface area contributed by atoms with Gasteiger partial charge in [0.25, 0.3) is 0 Å². The Bertz CT molecular complexity index is 1020. The number of hydrogen-bond acceptors (Lipinski definition) is 4. The Labute approximate surface area is 224 Å². The fraction of sp³-hybridized carbons (Fsp3) is 0.500. The van der Waals surface area contributed by atoms with Crippen LogP contribution in [-0.2, 0) is 22.6 Å². The first-order chi connectivity index (χ1) is 17.4. The van der Waals surface area contributed by atoms with Crippen molar-refractivity contribution in [1.29, 1.82) is 0 Å². The molecule has 36 heavy (non-hydrogen) atoms. The molecule has 1 saturated carbocycles. The second-order valence-electron chi connectivity index (χ2n) is 9.18. The number of nitrogens with one attached hydrogen (secondary N) is 1. The molecule has 1 fully saturated rings. The van der Waals surface area contributed by atoms with Crippen LogP contribution in [0.15, 0.2) is 36.4 Å². The molecular weight excluding hydrogens is 499 g/mol. The molecule has 0 saturated heterocycles. The van der Waals surface area contributed by atoms with E-state index in [2.05, 4.69) is 5.32 Å². The Hall–Kier alpha value is -2.44. The number of benzene rings is 2. The highest BCUT2D eigenvalue weighted by Crippen LogP contribution is 2.30. The first-order valence-corrected chi connectivity index (χ1v) is 13.4. The predicted molar refractivity (Wildman–Crippen MR) is 144 cm³/mol. The lowest BCUT2D eigenvalue weighted by molar-refractivity contribution is -0.141. The molecule has 2 aromatic rings. The van der Waals surface area contributed by atoms with Gasteiger partial charge in [0.1, 0.15) is 6.04 Å². The number of carbonyl (C=O) groups is 2. The molecule has 8 heteroatoms. The number of nitrogens with zero attached hydrogens (tertiary/aromatic N) is 1. The molecule has 0 aliphatic heterocycles. The first kappa shape index (κ1) is 28.1. The third-order valence-corrected chi connectivity index (χ3v) is 7.51. The van der Waals surface area contributed by atoms with Gasteiger partial charge < -0.3 is 19.7 Å². The molecule has 0 heterocycles. The highest BCUT2D eigenvalue weighted by molar-refractivity contribution is 6.36. The van der Waals surface area contributed by atoms with Crippen molar-refractivity contribution in [3.05, 3.63) is 57.6 Å². The molecule has 0 spiro atoms. The lowest BCUT2D eigenvalue weighted by atomic mass is 9.95. The van der Waals surface area contributed by atoms with Gasteiger partial charge in [-0.05, 0) is 55.5 Å². The van der Waals surface area contributed by atoms with Crippen molar-refractivity contribution in [3.63, 3.8) is 0 Å². The molecule has 1 atom stereocenters. The molecule has 2 aromatic carbocycles. The van der Waals surface area contributed by atoms with E-state index in [1.54, 1.807) is 37.3 Å².